The molecule has 1 aromatic carbocycles. The number of rotatable bonds is 2. The summed E-state index contributed by atoms with van der Waals surface area (Å²) >= 11 is 0. The fourth-order valence-electron chi connectivity index (χ4n) is 1.38. The van der Waals surface area contributed by atoms with E-state index in [0.717, 1.165) is 18.7 Å². The van der Waals surface area contributed by atoms with Gasteiger partial charge in [-0.05, 0) is 11.6 Å². The van der Waals surface area contributed by atoms with E-state index in [4.69, 9.17) is 0 Å². The molecule has 0 aromatic heterocycles. The molecule has 2 rings (SSSR count). The van der Waals surface area contributed by atoms with Crippen molar-refractivity contribution in [3.05, 3.63) is 42.0 Å². The molecule has 1 aliphatic heterocycles. The maximum Gasteiger partial charge on any atom is 0.250 e. The van der Waals surface area contributed by atoms with Crippen LogP contribution in [0.5, 0.6) is 0 Å². The van der Waals surface area contributed by atoms with Crippen molar-refractivity contribution in [2.75, 3.05) is 13.1 Å². The maximum atomic E-state index is 11.5. The fraction of sp³-hybridized carbons (Fsp3) is 0.167. The molecule has 1 amide bonds. The van der Waals surface area contributed by atoms with E-state index >= 15 is 0 Å². The summed E-state index contributed by atoms with van der Waals surface area (Å²) in [5.74, 6) is 0.389. The molecule has 16 heavy (non-hydrogen) atoms. The van der Waals surface area contributed by atoms with Crippen LogP contribution in [0.3, 0.4) is 0 Å². The van der Waals surface area contributed by atoms with Gasteiger partial charge in [0.15, 0.2) is 5.96 Å². The monoisotopic (exact) mass is 215 g/mol. The zero-order valence-corrected chi connectivity index (χ0v) is 8.81. The van der Waals surface area contributed by atoms with Crippen molar-refractivity contribution in [3.8, 4) is 0 Å². The first-order valence-electron chi connectivity index (χ1n) is 5.17. The zero-order valence-electron chi connectivity index (χ0n) is 8.81. The molecule has 2 N–H and O–H groups in total. The minimum Gasteiger partial charge on any atom is -0.354 e. The molecule has 0 unspecified atom stereocenters. The molecule has 1 heterocycles. The van der Waals surface area contributed by atoms with Gasteiger partial charge in [-0.25, -0.2) is 0 Å². The van der Waals surface area contributed by atoms with E-state index < -0.39 is 0 Å². The lowest BCUT2D eigenvalue weighted by atomic mass is 10.2. The number of carbonyl (C=O) groups is 1. The predicted molar refractivity (Wildman–Crippen MR) is 63.9 cm³/mol. The molecule has 0 atom stereocenters. The third kappa shape index (κ3) is 2.95. The summed E-state index contributed by atoms with van der Waals surface area (Å²) in [7, 11) is 0. The van der Waals surface area contributed by atoms with Crippen LogP contribution in [-0.4, -0.2) is 25.0 Å². The first-order valence-corrected chi connectivity index (χ1v) is 5.17. The first-order chi connectivity index (χ1) is 7.84. The Morgan fingerprint density at radius 2 is 2.19 bits per heavy atom. The molecule has 0 bridgehead atoms. The van der Waals surface area contributed by atoms with Gasteiger partial charge in [0.05, 0.1) is 6.54 Å². The van der Waals surface area contributed by atoms with Crippen molar-refractivity contribution in [1.82, 2.24) is 10.6 Å². The Kier molecular flexibility index (Phi) is 3.33. The molecule has 0 saturated carbocycles. The first kappa shape index (κ1) is 10.4. The van der Waals surface area contributed by atoms with E-state index in [0.29, 0.717) is 5.96 Å². The zero-order chi connectivity index (χ0) is 11.2. The third-order valence-electron chi connectivity index (χ3n) is 2.14. The van der Waals surface area contributed by atoms with Gasteiger partial charge in [0, 0.05) is 12.6 Å². The Morgan fingerprint density at radius 3 is 2.88 bits per heavy atom. The lowest BCUT2D eigenvalue weighted by Crippen LogP contribution is -2.37. The second-order valence-electron chi connectivity index (χ2n) is 3.39. The van der Waals surface area contributed by atoms with E-state index in [-0.39, 0.29) is 5.91 Å². The number of aliphatic imine (C=N–C) groups is 1. The van der Waals surface area contributed by atoms with Gasteiger partial charge in [0.2, 0.25) is 0 Å². The molecular formula is C12H13N3O. The summed E-state index contributed by atoms with van der Waals surface area (Å²) in [4.78, 5) is 15.5. The van der Waals surface area contributed by atoms with Crippen molar-refractivity contribution in [2.45, 2.75) is 0 Å². The highest BCUT2D eigenvalue weighted by Gasteiger charge is 2.05. The van der Waals surface area contributed by atoms with Crippen molar-refractivity contribution < 1.29 is 4.79 Å². The number of carbonyl (C=O) groups excluding carboxylic acids is 1. The standard InChI is InChI=1S/C12H13N3O/c16-11(15-12-13-8-9-14-12)7-6-10-4-2-1-3-5-10/h1-7H,8-9H2,(H2,13,14,15,16). The van der Waals surface area contributed by atoms with Crippen LogP contribution in [-0.2, 0) is 4.79 Å². The van der Waals surface area contributed by atoms with Crippen LogP contribution in [0.25, 0.3) is 6.08 Å². The molecule has 82 valence electrons. The van der Waals surface area contributed by atoms with Crippen molar-refractivity contribution in [3.63, 3.8) is 0 Å². The second-order valence-corrected chi connectivity index (χ2v) is 3.39. The average Bonchev–Trinajstić information content (AvgIpc) is 2.81. The number of benzene rings is 1. The lowest BCUT2D eigenvalue weighted by Gasteiger charge is -2.00. The van der Waals surface area contributed by atoms with Gasteiger partial charge in [-0.3, -0.25) is 15.1 Å². The van der Waals surface area contributed by atoms with Crippen LogP contribution in [0.4, 0.5) is 0 Å². The van der Waals surface area contributed by atoms with E-state index in [9.17, 15) is 4.79 Å². The van der Waals surface area contributed by atoms with Crippen LogP contribution >= 0.6 is 0 Å². The number of amides is 1. The smallest absolute Gasteiger partial charge is 0.250 e. The lowest BCUT2D eigenvalue weighted by molar-refractivity contribution is -0.115. The number of guanidine groups is 1. The van der Waals surface area contributed by atoms with E-state index in [1.807, 2.05) is 30.3 Å². The molecule has 0 radical (unpaired) electrons. The summed E-state index contributed by atoms with van der Waals surface area (Å²) in [5, 5.41) is 5.63. The van der Waals surface area contributed by atoms with Gasteiger partial charge in [-0.1, -0.05) is 30.3 Å². The summed E-state index contributed by atoms with van der Waals surface area (Å²) in [6.45, 7) is 1.51. The van der Waals surface area contributed by atoms with Crippen LogP contribution in [0.1, 0.15) is 5.56 Å². The van der Waals surface area contributed by atoms with Gasteiger partial charge >= 0.3 is 0 Å². The van der Waals surface area contributed by atoms with E-state index in [1.54, 1.807) is 6.08 Å². The Balaban J connectivity index is 1.89. The van der Waals surface area contributed by atoms with Gasteiger partial charge in [0.1, 0.15) is 0 Å². The number of hydrogen-bond acceptors (Lipinski definition) is 3. The quantitative estimate of drug-likeness (QED) is 0.716. The van der Waals surface area contributed by atoms with Gasteiger partial charge < -0.3 is 5.32 Å². The van der Waals surface area contributed by atoms with Crippen molar-refractivity contribution in [1.29, 1.82) is 0 Å². The van der Waals surface area contributed by atoms with Crippen LogP contribution in [0, 0.1) is 0 Å². The summed E-state index contributed by atoms with van der Waals surface area (Å²) < 4.78 is 0. The van der Waals surface area contributed by atoms with Gasteiger partial charge in [0.25, 0.3) is 5.91 Å². The summed E-state index contributed by atoms with van der Waals surface area (Å²) in [6, 6.07) is 9.68. The minimum absolute atomic E-state index is 0.169. The van der Waals surface area contributed by atoms with Crippen molar-refractivity contribution in [2.24, 2.45) is 4.99 Å². The maximum absolute atomic E-state index is 11.5. The molecule has 0 aliphatic carbocycles. The van der Waals surface area contributed by atoms with E-state index in [2.05, 4.69) is 15.6 Å². The summed E-state index contributed by atoms with van der Waals surface area (Å²) in [6.07, 6.45) is 3.27. The highest BCUT2D eigenvalue weighted by Crippen LogP contribution is 2.00. The topological polar surface area (TPSA) is 53.5 Å². The second kappa shape index (κ2) is 5.11. The Labute approximate surface area is 94.1 Å². The molecule has 0 spiro atoms. The number of nitrogens with one attached hydrogen (secondary N) is 2. The highest BCUT2D eigenvalue weighted by molar-refractivity contribution is 6.04. The molecule has 0 fully saturated rings. The number of nitrogens with zero attached hydrogens (tertiary/aromatic N) is 1. The Hall–Kier alpha value is -2.10. The Bertz CT molecular complexity index is 423. The largest absolute Gasteiger partial charge is 0.354 e. The molecule has 4 heteroatoms. The minimum atomic E-state index is -0.169. The predicted octanol–water partition coefficient (Wildman–Crippen LogP) is 0.775. The molecular weight excluding hydrogens is 202 g/mol. The van der Waals surface area contributed by atoms with E-state index in [1.165, 1.54) is 6.08 Å². The average molecular weight is 215 g/mol. The third-order valence-corrected chi connectivity index (χ3v) is 2.14. The van der Waals surface area contributed by atoms with Crippen LogP contribution in [0.15, 0.2) is 41.4 Å². The normalized spacial score (nSPS) is 14.6. The molecule has 1 aliphatic rings. The number of hydrogen-bond donors (Lipinski definition) is 2. The SMILES string of the molecule is O=C(C=Cc1ccccc1)NC1=NCCN1. The van der Waals surface area contributed by atoms with Gasteiger partial charge in [-0.15, -0.1) is 0 Å². The Morgan fingerprint density at radius 1 is 1.38 bits per heavy atom. The summed E-state index contributed by atoms with van der Waals surface area (Å²) in [5.41, 5.74) is 0.999. The highest BCUT2D eigenvalue weighted by atomic mass is 16.1. The van der Waals surface area contributed by atoms with Crippen molar-refractivity contribution >= 4 is 17.9 Å². The molecule has 4 nitrogen and oxygen atoms in total. The van der Waals surface area contributed by atoms with Crippen LogP contribution in [0.2, 0.25) is 0 Å². The molecule has 0 saturated heterocycles. The molecule has 1 aromatic rings. The fourth-order valence-corrected chi connectivity index (χ4v) is 1.38. The van der Waals surface area contributed by atoms with Gasteiger partial charge in [-0.2, -0.15) is 0 Å². The van der Waals surface area contributed by atoms with Crippen LogP contribution < -0.4 is 10.6 Å².